The van der Waals surface area contributed by atoms with Crippen LogP contribution >= 0.6 is 0 Å². The Morgan fingerprint density at radius 1 is 1.17 bits per heavy atom. The number of ether oxygens (including phenoxy) is 1. The Balaban J connectivity index is 0. The van der Waals surface area contributed by atoms with Gasteiger partial charge in [-0.1, -0.05) is 26.8 Å². The molecule has 0 unspecified atom stereocenters. The normalized spacial score (nSPS) is 9.35. The van der Waals surface area contributed by atoms with Crippen LogP contribution in [0.1, 0.15) is 44.5 Å². The predicted molar refractivity (Wildman–Crippen MR) is 96.6 cm³/mol. The van der Waals surface area contributed by atoms with Crippen molar-refractivity contribution in [1.82, 2.24) is 5.32 Å². The number of anilines is 1. The number of hydrogen-bond acceptors (Lipinski definition) is 3. The van der Waals surface area contributed by atoms with E-state index in [1.54, 1.807) is 24.3 Å². The molecule has 0 aromatic heterocycles. The van der Waals surface area contributed by atoms with Crippen LogP contribution in [0.2, 0.25) is 0 Å². The van der Waals surface area contributed by atoms with Crippen molar-refractivity contribution in [3.63, 3.8) is 0 Å². The van der Waals surface area contributed by atoms with Crippen LogP contribution in [0.25, 0.3) is 0 Å². The van der Waals surface area contributed by atoms with Crippen LogP contribution in [0, 0.1) is 0 Å². The van der Waals surface area contributed by atoms with E-state index in [4.69, 9.17) is 0 Å². The number of hydrogen-bond donors (Lipinski definition) is 2. The molecule has 0 aliphatic carbocycles. The SMILES string of the molecule is C/C=C(\CC)NC(=O)c1ccc(NC(=O)OC)cc1.C=C.CC. The molecule has 0 radical (unpaired) electrons. The minimum atomic E-state index is -0.542. The van der Waals surface area contributed by atoms with E-state index in [-0.39, 0.29) is 5.91 Å². The van der Waals surface area contributed by atoms with Gasteiger partial charge in [0.25, 0.3) is 5.91 Å². The van der Waals surface area contributed by atoms with E-state index in [9.17, 15) is 9.59 Å². The Morgan fingerprint density at radius 2 is 1.70 bits per heavy atom. The molecule has 0 saturated carbocycles. The monoisotopic (exact) mass is 320 g/mol. The highest BCUT2D eigenvalue weighted by molar-refractivity contribution is 5.96. The van der Waals surface area contributed by atoms with E-state index < -0.39 is 6.09 Å². The number of nitrogens with one attached hydrogen (secondary N) is 2. The maximum Gasteiger partial charge on any atom is 0.411 e. The summed E-state index contributed by atoms with van der Waals surface area (Å²) in [5.41, 5.74) is 1.98. The number of amides is 2. The zero-order valence-corrected chi connectivity index (χ0v) is 14.7. The van der Waals surface area contributed by atoms with Gasteiger partial charge < -0.3 is 10.1 Å². The third-order valence-corrected chi connectivity index (χ3v) is 2.58. The fraction of sp³-hybridized carbons (Fsp3) is 0.333. The lowest BCUT2D eigenvalue weighted by atomic mass is 10.2. The average Bonchev–Trinajstić information content (AvgIpc) is 2.63. The molecular weight excluding hydrogens is 292 g/mol. The van der Waals surface area contributed by atoms with Crippen LogP contribution in [0.15, 0.2) is 49.2 Å². The molecule has 0 spiro atoms. The number of carbonyl (C=O) groups excluding carboxylic acids is 2. The van der Waals surface area contributed by atoms with Crippen molar-refractivity contribution in [2.24, 2.45) is 0 Å². The summed E-state index contributed by atoms with van der Waals surface area (Å²) >= 11 is 0. The van der Waals surface area contributed by atoms with Gasteiger partial charge in [-0.25, -0.2) is 4.79 Å². The maximum atomic E-state index is 11.9. The standard InChI is InChI=1S/C14H18N2O3.C2H6.C2H4/c1-4-11(5-2)15-13(17)10-6-8-12(9-7-10)16-14(18)19-3;2*1-2/h4,6-9H,5H2,1-3H3,(H,15,17)(H,16,18);1-2H3;1-2H2/b11-4+;;. The number of methoxy groups -OCH3 is 1. The highest BCUT2D eigenvalue weighted by atomic mass is 16.5. The largest absolute Gasteiger partial charge is 0.453 e. The van der Waals surface area contributed by atoms with Gasteiger partial charge in [0, 0.05) is 16.9 Å². The highest BCUT2D eigenvalue weighted by Crippen LogP contribution is 2.10. The number of benzene rings is 1. The molecule has 5 nitrogen and oxygen atoms in total. The summed E-state index contributed by atoms with van der Waals surface area (Å²) in [5, 5.41) is 5.33. The summed E-state index contributed by atoms with van der Waals surface area (Å²) in [6, 6.07) is 6.58. The van der Waals surface area contributed by atoms with Gasteiger partial charge in [0.1, 0.15) is 0 Å². The first kappa shape index (κ1) is 22.7. The molecule has 0 saturated heterocycles. The number of carbonyl (C=O) groups is 2. The van der Waals surface area contributed by atoms with Crippen molar-refractivity contribution in [2.75, 3.05) is 12.4 Å². The van der Waals surface area contributed by atoms with E-state index in [0.717, 1.165) is 12.1 Å². The summed E-state index contributed by atoms with van der Waals surface area (Å²) in [6.07, 6.45) is 2.09. The molecule has 1 rings (SSSR count). The third kappa shape index (κ3) is 9.14. The molecule has 1 aromatic carbocycles. The Hall–Kier alpha value is -2.56. The Labute approximate surface area is 139 Å². The number of allylic oxidation sites excluding steroid dienone is 2. The quantitative estimate of drug-likeness (QED) is 0.788. The Morgan fingerprint density at radius 3 is 2.09 bits per heavy atom. The van der Waals surface area contributed by atoms with E-state index in [1.165, 1.54) is 7.11 Å². The van der Waals surface area contributed by atoms with Crippen molar-refractivity contribution < 1.29 is 14.3 Å². The van der Waals surface area contributed by atoms with Crippen LogP contribution in [-0.2, 0) is 4.74 Å². The second kappa shape index (κ2) is 14.4. The van der Waals surface area contributed by atoms with Crippen LogP contribution in [0.4, 0.5) is 10.5 Å². The zero-order valence-electron chi connectivity index (χ0n) is 14.7. The molecular formula is C18H28N2O3. The molecule has 1 aromatic rings. The summed E-state index contributed by atoms with van der Waals surface area (Å²) in [7, 11) is 1.29. The second-order valence-corrected chi connectivity index (χ2v) is 3.82. The topological polar surface area (TPSA) is 67.4 Å². The summed E-state index contributed by atoms with van der Waals surface area (Å²) < 4.78 is 4.48. The fourth-order valence-electron chi connectivity index (χ4n) is 1.46. The lowest BCUT2D eigenvalue weighted by Crippen LogP contribution is -2.22. The molecule has 2 N–H and O–H groups in total. The van der Waals surface area contributed by atoms with Gasteiger partial charge in [0.2, 0.25) is 0 Å². The molecule has 0 atom stereocenters. The predicted octanol–water partition coefficient (Wildman–Crippen LogP) is 4.74. The van der Waals surface area contributed by atoms with Crippen molar-refractivity contribution >= 4 is 17.7 Å². The van der Waals surface area contributed by atoms with E-state index in [0.29, 0.717) is 11.3 Å². The van der Waals surface area contributed by atoms with Gasteiger partial charge in [0.15, 0.2) is 0 Å². The maximum absolute atomic E-state index is 11.9. The van der Waals surface area contributed by atoms with Crippen LogP contribution < -0.4 is 10.6 Å². The molecule has 23 heavy (non-hydrogen) atoms. The Bertz CT molecular complexity index is 493. The molecule has 5 heteroatoms. The van der Waals surface area contributed by atoms with Gasteiger partial charge in [-0.2, -0.15) is 0 Å². The molecule has 0 fully saturated rings. The summed E-state index contributed by atoms with van der Waals surface area (Å²) in [4.78, 5) is 22.9. The average molecular weight is 320 g/mol. The first-order chi connectivity index (χ1) is 11.1. The van der Waals surface area contributed by atoms with E-state index in [1.807, 2.05) is 33.8 Å². The van der Waals surface area contributed by atoms with Crippen LogP contribution in [0.3, 0.4) is 0 Å². The van der Waals surface area contributed by atoms with E-state index >= 15 is 0 Å². The minimum Gasteiger partial charge on any atom is -0.453 e. The van der Waals surface area contributed by atoms with Crippen molar-refractivity contribution in [3.8, 4) is 0 Å². The lowest BCUT2D eigenvalue weighted by molar-refractivity contribution is 0.0964. The first-order valence-electron chi connectivity index (χ1n) is 7.52. The van der Waals surface area contributed by atoms with Crippen LogP contribution in [0.5, 0.6) is 0 Å². The molecule has 0 bridgehead atoms. The van der Waals surface area contributed by atoms with Crippen molar-refractivity contribution in [1.29, 1.82) is 0 Å². The fourth-order valence-corrected chi connectivity index (χ4v) is 1.46. The van der Waals surface area contributed by atoms with Crippen molar-refractivity contribution in [2.45, 2.75) is 34.1 Å². The minimum absolute atomic E-state index is 0.167. The lowest BCUT2D eigenvalue weighted by Gasteiger charge is -2.08. The van der Waals surface area contributed by atoms with Crippen molar-refractivity contribution in [3.05, 3.63) is 54.8 Å². The molecule has 0 heterocycles. The molecule has 0 aliphatic heterocycles. The van der Waals surface area contributed by atoms with Gasteiger partial charge in [-0.15, -0.1) is 13.2 Å². The smallest absolute Gasteiger partial charge is 0.411 e. The third-order valence-electron chi connectivity index (χ3n) is 2.58. The summed E-state index contributed by atoms with van der Waals surface area (Å²) in [6.45, 7) is 13.8. The molecule has 128 valence electrons. The van der Waals surface area contributed by atoms with Gasteiger partial charge in [-0.05, 0) is 37.6 Å². The first-order valence-corrected chi connectivity index (χ1v) is 7.52. The zero-order chi connectivity index (χ0) is 18.3. The molecule has 2 amide bonds. The second-order valence-electron chi connectivity index (χ2n) is 3.82. The summed E-state index contributed by atoms with van der Waals surface area (Å²) in [5.74, 6) is -0.167. The Kier molecular flexibility index (Phi) is 14.2. The van der Waals surface area contributed by atoms with Gasteiger partial charge in [0.05, 0.1) is 7.11 Å². The highest BCUT2D eigenvalue weighted by Gasteiger charge is 2.07. The number of rotatable bonds is 4. The van der Waals surface area contributed by atoms with Gasteiger partial charge >= 0.3 is 6.09 Å². The van der Waals surface area contributed by atoms with Crippen LogP contribution in [-0.4, -0.2) is 19.1 Å². The molecule has 0 aliphatic rings. The van der Waals surface area contributed by atoms with E-state index in [2.05, 4.69) is 28.5 Å². The van der Waals surface area contributed by atoms with Gasteiger partial charge in [-0.3, -0.25) is 10.1 Å².